The van der Waals surface area contributed by atoms with Crippen molar-refractivity contribution in [3.8, 4) is 0 Å². The zero-order chi connectivity index (χ0) is 30.7. The molecule has 0 aliphatic heterocycles. The van der Waals surface area contributed by atoms with Crippen LogP contribution in [0.5, 0.6) is 0 Å². The van der Waals surface area contributed by atoms with E-state index in [4.69, 9.17) is 18.9 Å². The number of aliphatic hydroxyl groups is 1. The van der Waals surface area contributed by atoms with Crippen LogP contribution in [0.4, 0.5) is 0 Å². The van der Waals surface area contributed by atoms with E-state index >= 15 is 0 Å². The van der Waals surface area contributed by atoms with Gasteiger partial charge in [0.05, 0.1) is 11.8 Å². The van der Waals surface area contributed by atoms with Crippen molar-refractivity contribution in [1.82, 2.24) is 0 Å². The maximum atomic E-state index is 13.9. The number of ether oxygens (including phenoxy) is 4. The Kier molecular flexibility index (Phi) is 10.5. The summed E-state index contributed by atoms with van der Waals surface area (Å²) in [6.07, 6.45) is 0.436. The predicted molar refractivity (Wildman–Crippen MR) is 144 cm³/mol. The van der Waals surface area contributed by atoms with Gasteiger partial charge in [0.1, 0.15) is 17.8 Å². The van der Waals surface area contributed by atoms with E-state index in [9.17, 15) is 29.1 Å². The lowest BCUT2D eigenvalue weighted by Crippen LogP contribution is -2.54. The fourth-order valence-corrected chi connectivity index (χ4v) is 5.67. The number of esters is 4. The lowest BCUT2D eigenvalue weighted by molar-refractivity contribution is -0.174. The summed E-state index contributed by atoms with van der Waals surface area (Å²) in [5.41, 5.74) is -2.63. The number of hydrogen-bond acceptors (Lipinski definition) is 10. The highest BCUT2D eigenvalue weighted by atomic mass is 16.6. The molecule has 1 N–H and O–H groups in total. The van der Waals surface area contributed by atoms with Gasteiger partial charge in [-0.15, -0.1) is 0 Å². The second kappa shape index (κ2) is 12.7. The molecule has 2 aliphatic carbocycles. The van der Waals surface area contributed by atoms with Gasteiger partial charge < -0.3 is 24.1 Å². The molecule has 0 amide bonds. The Labute approximate surface area is 236 Å². The molecule has 2 aliphatic rings. The van der Waals surface area contributed by atoms with E-state index in [2.05, 4.69) is 0 Å². The van der Waals surface area contributed by atoms with Crippen molar-refractivity contribution in [2.24, 2.45) is 29.1 Å². The van der Waals surface area contributed by atoms with Crippen molar-refractivity contribution in [3.05, 3.63) is 23.8 Å². The van der Waals surface area contributed by atoms with E-state index in [-0.39, 0.29) is 6.42 Å². The van der Waals surface area contributed by atoms with E-state index in [0.29, 0.717) is 5.57 Å². The fourth-order valence-electron chi connectivity index (χ4n) is 5.67. The van der Waals surface area contributed by atoms with Gasteiger partial charge in [-0.05, 0) is 30.9 Å². The van der Waals surface area contributed by atoms with Gasteiger partial charge in [-0.1, -0.05) is 53.7 Å². The highest BCUT2D eigenvalue weighted by Crippen LogP contribution is 2.48. The molecule has 0 heterocycles. The third kappa shape index (κ3) is 7.38. The van der Waals surface area contributed by atoms with Crippen LogP contribution in [0.25, 0.3) is 0 Å². The molecule has 224 valence electrons. The number of carbonyl (C=O) groups excluding carboxylic acids is 5. The van der Waals surface area contributed by atoms with Gasteiger partial charge in [-0.3, -0.25) is 24.0 Å². The lowest BCUT2D eigenvalue weighted by atomic mass is 9.74. The number of ketones is 1. The summed E-state index contributed by atoms with van der Waals surface area (Å²) in [5, 5.41) is 12.1. The molecule has 1 fully saturated rings. The normalized spacial score (nSPS) is 36.1. The molecule has 0 radical (unpaired) electrons. The molecule has 2 rings (SSSR count). The molecule has 40 heavy (non-hydrogen) atoms. The molecule has 0 aromatic rings. The molecule has 0 spiro atoms. The number of carbonyl (C=O) groups is 5. The molecule has 1 saturated carbocycles. The van der Waals surface area contributed by atoms with Crippen LogP contribution in [0.1, 0.15) is 75.7 Å². The van der Waals surface area contributed by atoms with Crippen LogP contribution in [0.2, 0.25) is 0 Å². The average Bonchev–Trinajstić information content (AvgIpc) is 3.06. The number of Topliss-reactive ketones (excluding diaryl/α,β-unsaturated/α-hetero) is 1. The van der Waals surface area contributed by atoms with Gasteiger partial charge in [0.25, 0.3) is 0 Å². The molecule has 8 atom stereocenters. The number of fused-ring (bicyclic) bond motifs is 1. The Balaban J connectivity index is 2.93. The quantitative estimate of drug-likeness (QED) is 0.299. The molecular formula is C30H44O10. The van der Waals surface area contributed by atoms with E-state index in [1.807, 2.05) is 0 Å². The first-order valence-electron chi connectivity index (χ1n) is 13.7. The highest BCUT2D eigenvalue weighted by Gasteiger charge is 2.61. The van der Waals surface area contributed by atoms with E-state index < -0.39 is 88.8 Å². The Morgan fingerprint density at radius 2 is 1.50 bits per heavy atom. The van der Waals surface area contributed by atoms with Gasteiger partial charge in [0.2, 0.25) is 0 Å². The van der Waals surface area contributed by atoms with Crippen LogP contribution in [0, 0.1) is 29.1 Å². The summed E-state index contributed by atoms with van der Waals surface area (Å²) in [6, 6.07) is 0. The number of allylic oxidation sites excluding steroid dienone is 1. The smallest absolute Gasteiger partial charge is 0.308 e. The molecule has 0 saturated heterocycles. The molecule has 1 unspecified atom stereocenters. The summed E-state index contributed by atoms with van der Waals surface area (Å²) < 4.78 is 22.9. The van der Waals surface area contributed by atoms with Crippen molar-refractivity contribution in [1.29, 1.82) is 0 Å². The number of rotatable bonds is 5. The minimum absolute atomic E-state index is 0.0253. The number of hydrogen-bond donors (Lipinski definition) is 1. The van der Waals surface area contributed by atoms with Crippen LogP contribution in [0.15, 0.2) is 23.8 Å². The molecule has 10 nitrogen and oxygen atoms in total. The van der Waals surface area contributed by atoms with Crippen molar-refractivity contribution in [3.63, 3.8) is 0 Å². The average molecular weight is 565 g/mol. The van der Waals surface area contributed by atoms with Crippen LogP contribution < -0.4 is 0 Å². The van der Waals surface area contributed by atoms with Crippen LogP contribution in [0.3, 0.4) is 0 Å². The molecule has 10 heteroatoms. The monoisotopic (exact) mass is 564 g/mol. The van der Waals surface area contributed by atoms with Crippen molar-refractivity contribution in [2.75, 3.05) is 0 Å². The van der Waals surface area contributed by atoms with E-state index in [1.54, 1.807) is 60.6 Å². The van der Waals surface area contributed by atoms with Crippen LogP contribution in [-0.4, -0.2) is 64.8 Å². The Morgan fingerprint density at radius 3 is 2.00 bits per heavy atom. The fraction of sp³-hybridized carbons (Fsp3) is 0.700. The minimum atomic E-state index is -2.02. The van der Waals surface area contributed by atoms with Crippen molar-refractivity contribution in [2.45, 2.75) is 106 Å². The molecule has 0 bridgehead atoms. The maximum Gasteiger partial charge on any atom is 0.308 e. The first kappa shape index (κ1) is 33.2. The van der Waals surface area contributed by atoms with E-state index in [1.165, 1.54) is 26.8 Å². The summed E-state index contributed by atoms with van der Waals surface area (Å²) in [7, 11) is 0. The third-order valence-electron chi connectivity index (χ3n) is 7.60. The van der Waals surface area contributed by atoms with Gasteiger partial charge >= 0.3 is 23.9 Å². The Hall–Kier alpha value is -3.01. The van der Waals surface area contributed by atoms with E-state index in [0.717, 1.165) is 0 Å². The zero-order valence-electron chi connectivity index (χ0n) is 25.2. The third-order valence-corrected chi connectivity index (χ3v) is 7.60. The lowest BCUT2D eigenvalue weighted by Gasteiger charge is -2.40. The van der Waals surface area contributed by atoms with Gasteiger partial charge in [-0.25, -0.2) is 0 Å². The predicted octanol–water partition coefficient (Wildman–Crippen LogP) is 3.48. The second-order valence-electron chi connectivity index (χ2n) is 12.1. The first-order valence-corrected chi connectivity index (χ1v) is 13.7. The van der Waals surface area contributed by atoms with Crippen molar-refractivity contribution >= 4 is 29.7 Å². The zero-order valence-corrected chi connectivity index (χ0v) is 25.2. The minimum Gasteiger partial charge on any atom is -0.462 e. The maximum absolute atomic E-state index is 13.9. The topological polar surface area (TPSA) is 142 Å². The SMILES string of the molecule is CC(=O)O[C@@H]1C2[C@@H](OC(=O)C(C)C)/C(C)=C\[C@@H](OC(C)=O)[C@@H](OC(C)=O)C(C)(C)/C=C/[C@H](C)C(=O)[C@@]2(O)C[C@@H]1C. The molecule has 0 aromatic carbocycles. The molecular weight excluding hydrogens is 520 g/mol. The Morgan fingerprint density at radius 1 is 0.950 bits per heavy atom. The largest absolute Gasteiger partial charge is 0.462 e. The summed E-state index contributed by atoms with van der Waals surface area (Å²) >= 11 is 0. The van der Waals surface area contributed by atoms with Crippen LogP contribution >= 0.6 is 0 Å². The highest BCUT2D eigenvalue weighted by molar-refractivity contribution is 5.91. The summed E-state index contributed by atoms with van der Waals surface area (Å²) in [6.45, 7) is 15.5. The summed E-state index contributed by atoms with van der Waals surface area (Å²) in [5.74, 6) is -5.97. The molecule has 0 aromatic heterocycles. The van der Waals surface area contributed by atoms with Gasteiger partial charge in [0.15, 0.2) is 18.0 Å². The standard InChI is InChI=1S/C30H44O10/c1-15(2)28(35)40-24-17(4)13-22(37-19(6)31)27(39-21(8)33)29(9,10)12-11-16(3)26(34)30(36)14-18(5)25(23(24)30)38-20(7)32/h11-13,15-16,18,22-25,27,36H,14H2,1-10H3/b12-11+,17-13-/t16-,18-,22+,23?,24-,25-,27+,30+/m0/s1. The van der Waals surface area contributed by atoms with Gasteiger partial charge in [0, 0.05) is 32.1 Å². The van der Waals surface area contributed by atoms with Crippen LogP contribution in [-0.2, 0) is 42.9 Å². The van der Waals surface area contributed by atoms with Crippen molar-refractivity contribution < 1.29 is 48.0 Å². The summed E-state index contributed by atoms with van der Waals surface area (Å²) in [4.78, 5) is 63.4. The second-order valence-corrected chi connectivity index (χ2v) is 12.1. The Bertz CT molecular complexity index is 1070. The van der Waals surface area contributed by atoms with Gasteiger partial charge in [-0.2, -0.15) is 0 Å². The first-order chi connectivity index (χ1) is 18.3.